The van der Waals surface area contributed by atoms with Crippen LogP contribution in [0.25, 0.3) is 157 Å². The summed E-state index contributed by atoms with van der Waals surface area (Å²) < 4.78 is 4.91. The molecule has 0 bridgehead atoms. The van der Waals surface area contributed by atoms with Crippen LogP contribution in [0.5, 0.6) is 0 Å². The van der Waals surface area contributed by atoms with Crippen LogP contribution in [0.15, 0.2) is 291 Å². The summed E-state index contributed by atoms with van der Waals surface area (Å²) in [5.74, 6) is 0. The lowest BCUT2D eigenvalue weighted by atomic mass is 9.80. The predicted octanol–water partition coefficient (Wildman–Crippen LogP) is 26.4. The average molecular weight is 1310 g/mol. The first-order chi connectivity index (χ1) is 49.5. The molecule has 102 heavy (non-hydrogen) atoms. The van der Waals surface area contributed by atoms with Crippen LogP contribution in [0.2, 0.25) is 0 Å². The van der Waals surface area contributed by atoms with Gasteiger partial charge in [-0.25, -0.2) is 0 Å². The Labute approximate surface area is 597 Å². The zero-order chi connectivity index (χ0) is 68.7. The highest BCUT2D eigenvalue weighted by molar-refractivity contribution is 6.12. The van der Waals surface area contributed by atoms with E-state index in [0.717, 1.165) is 0 Å². The molecule has 4 aliphatic rings. The molecule has 20 rings (SSSR count). The lowest BCUT2D eigenvalue weighted by Crippen LogP contribution is -2.15. The number of hydrogen-bond acceptors (Lipinski definition) is 0. The molecule has 0 fully saturated rings. The maximum atomic E-state index is 2.47. The van der Waals surface area contributed by atoms with Crippen LogP contribution in [-0.2, 0) is 21.7 Å². The molecule has 0 atom stereocenters. The Kier molecular flexibility index (Phi) is 12.9. The fraction of sp³-hybridized carbons (Fsp3) is 0.120. The quantitative estimate of drug-likeness (QED) is 0.128. The molecule has 2 heterocycles. The Hall–Kier alpha value is -11.8. The van der Waals surface area contributed by atoms with E-state index in [-0.39, 0.29) is 21.7 Å². The summed E-state index contributed by atoms with van der Waals surface area (Å²) in [6.45, 7) is 19.0. The first kappa shape index (κ1) is 60.1. The molecule has 0 saturated carbocycles. The first-order valence-corrected chi connectivity index (χ1v) is 36.3. The molecule has 0 spiro atoms. The smallest absolute Gasteiger partial charge is 0.0541 e. The van der Waals surface area contributed by atoms with Crippen molar-refractivity contribution in [2.45, 2.75) is 77.0 Å². The monoisotopic (exact) mass is 1300 g/mol. The molecule has 14 aromatic carbocycles. The van der Waals surface area contributed by atoms with Gasteiger partial charge in [0, 0.05) is 54.6 Å². The van der Waals surface area contributed by atoms with Crippen molar-refractivity contribution >= 4 is 67.9 Å². The van der Waals surface area contributed by atoms with Crippen LogP contribution in [-0.4, -0.2) is 9.13 Å². The van der Waals surface area contributed by atoms with Crippen LogP contribution in [0.1, 0.15) is 122 Å². The first-order valence-electron chi connectivity index (χ1n) is 36.3. The summed E-state index contributed by atoms with van der Waals surface area (Å²) >= 11 is 0. The van der Waals surface area contributed by atoms with Crippen molar-refractivity contribution in [1.29, 1.82) is 0 Å². The van der Waals surface area contributed by atoms with Crippen molar-refractivity contribution in [3.05, 3.63) is 358 Å². The predicted molar refractivity (Wildman–Crippen MR) is 432 cm³/mol. The molecule has 0 amide bonds. The van der Waals surface area contributed by atoms with E-state index in [1.54, 1.807) is 0 Å². The van der Waals surface area contributed by atoms with Gasteiger partial charge in [-0.15, -0.1) is 0 Å². The zero-order valence-electron chi connectivity index (χ0n) is 58.9. The Bertz CT molecular complexity index is 5950. The van der Waals surface area contributed by atoms with Gasteiger partial charge >= 0.3 is 0 Å². The van der Waals surface area contributed by atoms with E-state index < -0.39 is 0 Å². The van der Waals surface area contributed by atoms with Crippen LogP contribution < -0.4 is 0 Å². The highest BCUT2D eigenvalue weighted by Crippen LogP contribution is 2.55. The molecule has 2 nitrogen and oxygen atoms in total. The van der Waals surface area contributed by atoms with E-state index in [1.807, 2.05) is 0 Å². The highest BCUT2D eigenvalue weighted by Gasteiger charge is 2.40. The SMILES string of the molecule is CC1(C)c2cc(/C=C/c3ccc(-c4ccc5c(c4)c4ccccc4n5-c4ccc5c(c4)C(C)(C)c4ccccc4-5)cc3)ccc2-c2ccc(-c3ccc4c(c3)C(C)(C)c3cc(/C=C/c5ccc(-c6ccc7c(c6)c6ccccc6n7-c6ccc7c(c6)C(C)(C)c6ccccc6-7)cc5)ccc3-4)cc21. The van der Waals surface area contributed by atoms with Crippen LogP contribution >= 0.6 is 0 Å². The summed E-state index contributed by atoms with van der Waals surface area (Å²) in [7, 11) is 0. The molecule has 2 heteroatoms. The third kappa shape index (κ3) is 8.91. The summed E-state index contributed by atoms with van der Waals surface area (Å²) in [6, 6.07) is 110. The number of benzene rings is 14. The third-order valence-electron chi connectivity index (χ3n) is 24.2. The average Bonchev–Trinajstić information content (AvgIpc) is 1.58. The molecule has 4 aliphatic carbocycles. The molecule has 0 saturated heterocycles. The number of fused-ring (bicyclic) bond motifs is 18. The second-order valence-corrected chi connectivity index (χ2v) is 31.3. The number of rotatable bonds is 9. The maximum absolute atomic E-state index is 2.47. The third-order valence-corrected chi connectivity index (χ3v) is 24.2. The summed E-state index contributed by atoms with van der Waals surface area (Å²) in [6.07, 6.45) is 9.07. The van der Waals surface area contributed by atoms with Gasteiger partial charge in [-0.2, -0.15) is 0 Å². The van der Waals surface area contributed by atoms with E-state index >= 15 is 0 Å². The molecule has 2 aromatic heterocycles. The Morgan fingerprint density at radius 1 is 0.196 bits per heavy atom. The fourth-order valence-electron chi connectivity index (χ4n) is 18.6. The summed E-state index contributed by atoms with van der Waals surface area (Å²) in [5, 5.41) is 5.06. The van der Waals surface area contributed by atoms with Crippen molar-refractivity contribution < 1.29 is 0 Å². The molecule has 0 radical (unpaired) electrons. The molecule has 0 aliphatic heterocycles. The minimum absolute atomic E-state index is 0.0683. The van der Waals surface area contributed by atoms with Crippen molar-refractivity contribution in [2.24, 2.45) is 0 Å². The normalized spacial score (nSPS) is 15.1. The second kappa shape index (κ2) is 21.8. The highest BCUT2D eigenvalue weighted by atomic mass is 15.0. The van der Waals surface area contributed by atoms with Gasteiger partial charge in [-0.3, -0.25) is 0 Å². The Morgan fingerprint density at radius 3 is 0.892 bits per heavy atom. The van der Waals surface area contributed by atoms with Gasteiger partial charge in [-0.05, 0) is 217 Å². The number of nitrogens with zero attached hydrogens (tertiary/aromatic N) is 2. The lowest BCUT2D eigenvalue weighted by Gasteiger charge is -2.23. The van der Waals surface area contributed by atoms with Gasteiger partial charge in [0.1, 0.15) is 0 Å². The number of hydrogen-bond donors (Lipinski definition) is 0. The van der Waals surface area contributed by atoms with Gasteiger partial charge in [0.25, 0.3) is 0 Å². The van der Waals surface area contributed by atoms with Gasteiger partial charge in [0.2, 0.25) is 0 Å². The van der Waals surface area contributed by atoms with Crippen molar-refractivity contribution in [3.8, 4) is 89.3 Å². The summed E-state index contributed by atoms with van der Waals surface area (Å²) in [5.41, 5.74) is 40.7. The molecular formula is C100H76N2. The van der Waals surface area contributed by atoms with E-state index in [0.29, 0.717) is 0 Å². The van der Waals surface area contributed by atoms with Crippen molar-refractivity contribution in [1.82, 2.24) is 9.13 Å². The molecular weight excluding hydrogens is 1230 g/mol. The topological polar surface area (TPSA) is 9.86 Å². The summed E-state index contributed by atoms with van der Waals surface area (Å²) in [4.78, 5) is 0. The number of aromatic nitrogens is 2. The van der Waals surface area contributed by atoms with Crippen LogP contribution in [0, 0.1) is 0 Å². The van der Waals surface area contributed by atoms with Gasteiger partial charge in [0.15, 0.2) is 0 Å². The Morgan fingerprint density at radius 2 is 0.471 bits per heavy atom. The second-order valence-electron chi connectivity index (χ2n) is 31.3. The molecule has 0 N–H and O–H groups in total. The van der Waals surface area contributed by atoms with E-state index in [2.05, 4.69) is 380 Å². The van der Waals surface area contributed by atoms with Crippen LogP contribution in [0.3, 0.4) is 0 Å². The van der Waals surface area contributed by atoms with E-state index in [9.17, 15) is 0 Å². The molecule has 486 valence electrons. The van der Waals surface area contributed by atoms with Gasteiger partial charge in [0.05, 0.1) is 22.1 Å². The largest absolute Gasteiger partial charge is 0.309 e. The Balaban J connectivity index is 0.516. The lowest BCUT2D eigenvalue weighted by molar-refractivity contribution is 0.659. The van der Waals surface area contributed by atoms with E-state index in [4.69, 9.17) is 0 Å². The van der Waals surface area contributed by atoms with Crippen molar-refractivity contribution in [3.63, 3.8) is 0 Å². The minimum atomic E-state index is -0.169. The van der Waals surface area contributed by atoms with Gasteiger partial charge < -0.3 is 9.13 Å². The molecule has 16 aromatic rings. The molecule has 0 unspecified atom stereocenters. The van der Waals surface area contributed by atoms with Gasteiger partial charge in [-0.1, -0.05) is 298 Å². The van der Waals surface area contributed by atoms with E-state index in [1.165, 1.54) is 200 Å². The standard InChI is InChI=1S/C100H76N2/c1-97(2)85-21-13-9-17-73(85)79-49-43-71(59-91(79)97)101-93-23-15-11-19-81(93)83-55-67(41-51-95(83)101)65-35-29-61(30-36-65)25-27-63-33-45-75-77-47-39-69(57-89(77)99(5,6)87(75)53-63)70-40-48-78-76-46-34-64(54-88(76)100(7,8)90(78)58-70)28-26-62-31-37-66(38-32-62)68-42-52-96-84(56-68)82-20-12-16-24-94(82)102(96)72-44-50-80-74-18-10-14-22-86(74)98(3,4)92(80)60-72/h9-60H,1-8H3/b27-25+,28-26+. The minimum Gasteiger partial charge on any atom is -0.309 e. The fourth-order valence-corrected chi connectivity index (χ4v) is 18.6. The maximum Gasteiger partial charge on any atom is 0.0541 e. The zero-order valence-corrected chi connectivity index (χ0v) is 58.9. The van der Waals surface area contributed by atoms with Crippen molar-refractivity contribution in [2.75, 3.05) is 0 Å². The van der Waals surface area contributed by atoms with Crippen LogP contribution in [0.4, 0.5) is 0 Å². The number of para-hydroxylation sites is 2.